The number of hydrogen-bond donors (Lipinski definition) is 0. The number of aryl methyl sites for hydroxylation is 1. The number of carbonyl (C=O) groups is 2. The fourth-order valence-electron chi connectivity index (χ4n) is 2.82. The lowest BCUT2D eigenvalue weighted by molar-refractivity contribution is -0.146. The first-order valence-electron chi connectivity index (χ1n) is 7.86. The molecule has 1 saturated heterocycles. The molecule has 0 saturated carbocycles. The number of carbonyl (C=O) groups excluding carboxylic acids is 2. The highest BCUT2D eigenvalue weighted by atomic mass is 32.1. The van der Waals surface area contributed by atoms with E-state index >= 15 is 0 Å². The number of likely N-dealkylation sites (tertiary alicyclic amines) is 1. The van der Waals surface area contributed by atoms with Crippen molar-refractivity contribution in [1.29, 1.82) is 0 Å². The third-order valence-corrected chi connectivity index (χ3v) is 5.36. The predicted molar refractivity (Wildman–Crippen MR) is 90.7 cm³/mol. The van der Waals surface area contributed by atoms with Crippen LogP contribution in [0.5, 0.6) is 0 Å². The quantitative estimate of drug-likeness (QED) is 0.800. The zero-order chi connectivity index (χ0) is 17.1. The van der Waals surface area contributed by atoms with Gasteiger partial charge in [-0.1, -0.05) is 6.07 Å². The van der Waals surface area contributed by atoms with Crippen molar-refractivity contribution in [2.75, 3.05) is 20.2 Å². The lowest BCUT2D eigenvalue weighted by atomic mass is 9.97. The maximum atomic E-state index is 12.8. The summed E-state index contributed by atoms with van der Waals surface area (Å²) in [5.74, 6) is -0.310. The summed E-state index contributed by atoms with van der Waals surface area (Å²) in [4.78, 5) is 35.6. The van der Waals surface area contributed by atoms with Crippen LogP contribution in [0.1, 0.15) is 28.2 Å². The Hall–Kier alpha value is -2.28. The second kappa shape index (κ2) is 7.09. The summed E-state index contributed by atoms with van der Waals surface area (Å²) >= 11 is 1.37. The van der Waals surface area contributed by atoms with Crippen LogP contribution in [0.3, 0.4) is 0 Å². The number of esters is 1. The zero-order valence-electron chi connectivity index (χ0n) is 13.7. The molecule has 2 aromatic rings. The van der Waals surface area contributed by atoms with Crippen molar-refractivity contribution in [3.05, 3.63) is 35.0 Å². The Bertz CT molecular complexity index is 737. The van der Waals surface area contributed by atoms with Crippen LogP contribution in [-0.4, -0.2) is 46.9 Å². The summed E-state index contributed by atoms with van der Waals surface area (Å²) in [5, 5.41) is 0.751. The lowest BCUT2D eigenvalue weighted by Crippen LogP contribution is -2.40. The van der Waals surface area contributed by atoms with Gasteiger partial charge in [0, 0.05) is 19.3 Å². The average molecular weight is 345 g/mol. The van der Waals surface area contributed by atoms with E-state index in [-0.39, 0.29) is 17.8 Å². The van der Waals surface area contributed by atoms with Gasteiger partial charge in [-0.2, -0.15) is 0 Å². The first kappa shape index (κ1) is 16.6. The number of thiazole rings is 1. The van der Waals surface area contributed by atoms with Crippen LogP contribution in [0.15, 0.2) is 24.4 Å². The van der Waals surface area contributed by atoms with Crippen molar-refractivity contribution >= 4 is 23.2 Å². The van der Waals surface area contributed by atoms with Gasteiger partial charge in [-0.3, -0.25) is 14.6 Å². The molecule has 0 aromatic carbocycles. The van der Waals surface area contributed by atoms with Gasteiger partial charge in [-0.05, 0) is 31.9 Å². The number of nitrogens with zero attached hydrogens (tertiary/aromatic N) is 3. The topological polar surface area (TPSA) is 72.4 Å². The smallest absolute Gasteiger partial charge is 0.308 e. The van der Waals surface area contributed by atoms with E-state index < -0.39 is 0 Å². The highest BCUT2D eigenvalue weighted by Gasteiger charge is 2.30. The van der Waals surface area contributed by atoms with E-state index in [4.69, 9.17) is 4.74 Å². The second-order valence-electron chi connectivity index (χ2n) is 5.74. The summed E-state index contributed by atoms with van der Waals surface area (Å²) in [5.41, 5.74) is 1.50. The SMILES string of the molecule is COC(=O)C1CCN(C(=O)c2sc(-c3ccccn3)nc2C)CC1. The van der Waals surface area contributed by atoms with E-state index in [1.807, 2.05) is 25.1 Å². The molecule has 0 bridgehead atoms. The van der Waals surface area contributed by atoms with E-state index in [0.717, 1.165) is 16.4 Å². The number of methoxy groups -OCH3 is 1. The van der Waals surface area contributed by atoms with Gasteiger partial charge in [-0.25, -0.2) is 4.98 Å². The minimum absolute atomic E-state index is 0.0181. The van der Waals surface area contributed by atoms with Crippen molar-refractivity contribution in [1.82, 2.24) is 14.9 Å². The fraction of sp³-hybridized carbons (Fsp3) is 0.412. The largest absolute Gasteiger partial charge is 0.469 e. The molecule has 0 N–H and O–H groups in total. The van der Waals surface area contributed by atoms with Crippen LogP contribution >= 0.6 is 11.3 Å². The molecule has 3 heterocycles. The Kier molecular flexibility index (Phi) is 4.89. The summed E-state index contributed by atoms with van der Waals surface area (Å²) in [6, 6.07) is 5.63. The highest BCUT2D eigenvalue weighted by molar-refractivity contribution is 7.17. The first-order valence-corrected chi connectivity index (χ1v) is 8.67. The monoisotopic (exact) mass is 345 g/mol. The summed E-state index contributed by atoms with van der Waals surface area (Å²) in [7, 11) is 1.40. The molecule has 0 unspecified atom stereocenters. The van der Waals surface area contributed by atoms with E-state index in [9.17, 15) is 9.59 Å². The summed E-state index contributed by atoms with van der Waals surface area (Å²) in [6.45, 7) is 2.97. The fourth-order valence-corrected chi connectivity index (χ4v) is 3.83. The first-order chi connectivity index (χ1) is 11.6. The standard InChI is InChI=1S/C17H19N3O3S/c1-11-14(24-15(19-11)13-5-3-4-8-18-13)16(21)20-9-6-12(7-10-20)17(22)23-2/h3-5,8,12H,6-7,9-10H2,1-2H3. The zero-order valence-corrected chi connectivity index (χ0v) is 14.5. The molecular weight excluding hydrogens is 326 g/mol. The molecule has 0 atom stereocenters. The molecule has 24 heavy (non-hydrogen) atoms. The van der Waals surface area contributed by atoms with Crippen LogP contribution in [0.25, 0.3) is 10.7 Å². The Balaban J connectivity index is 1.72. The number of ether oxygens (including phenoxy) is 1. The van der Waals surface area contributed by atoms with E-state index in [2.05, 4.69) is 9.97 Å². The maximum absolute atomic E-state index is 12.8. The predicted octanol–water partition coefficient (Wildman–Crippen LogP) is 2.54. The van der Waals surface area contributed by atoms with Gasteiger partial charge in [0.05, 0.1) is 24.4 Å². The molecule has 126 valence electrons. The van der Waals surface area contributed by atoms with Crippen LogP contribution in [0.4, 0.5) is 0 Å². The van der Waals surface area contributed by atoms with Crippen molar-refractivity contribution in [3.63, 3.8) is 0 Å². The molecule has 1 aliphatic rings. The van der Waals surface area contributed by atoms with Crippen molar-refractivity contribution < 1.29 is 14.3 Å². The van der Waals surface area contributed by atoms with Crippen LogP contribution in [-0.2, 0) is 9.53 Å². The molecule has 6 nitrogen and oxygen atoms in total. The minimum Gasteiger partial charge on any atom is -0.469 e. The van der Waals surface area contributed by atoms with Crippen molar-refractivity contribution in [3.8, 4) is 10.7 Å². The van der Waals surface area contributed by atoms with Gasteiger partial charge in [-0.15, -0.1) is 11.3 Å². The van der Waals surface area contributed by atoms with Gasteiger partial charge in [0.2, 0.25) is 0 Å². The Labute approximate surface area is 144 Å². The van der Waals surface area contributed by atoms with Crippen molar-refractivity contribution in [2.45, 2.75) is 19.8 Å². The average Bonchev–Trinajstić information content (AvgIpc) is 3.03. The number of rotatable bonds is 3. The number of amides is 1. The lowest BCUT2D eigenvalue weighted by Gasteiger charge is -2.30. The van der Waals surface area contributed by atoms with Gasteiger partial charge in [0.25, 0.3) is 5.91 Å². The Morgan fingerprint density at radius 3 is 2.67 bits per heavy atom. The molecule has 1 amide bonds. The molecule has 0 aliphatic carbocycles. The molecule has 2 aromatic heterocycles. The molecule has 0 radical (unpaired) electrons. The Morgan fingerprint density at radius 1 is 1.29 bits per heavy atom. The number of pyridine rings is 1. The molecule has 7 heteroatoms. The normalized spacial score (nSPS) is 15.3. The number of hydrogen-bond acceptors (Lipinski definition) is 6. The highest BCUT2D eigenvalue weighted by Crippen LogP contribution is 2.29. The molecule has 1 fully saturated rings. The van der Waals surface area contributed by atoms with Gasteiger partial charge in [0.15, 0.2) is 0 Å². The van der Waals surface area contributed by atoms with Crippen molar-refractivity contribution in [2.24, 2.45) is 5.92 Å². The van der Waals surface area contributed by atoms with Crippen LogP contribution in [0.2, 0.25) is 0 Å². The number of aromatic nitrogens is 2. The van der Waals surface area contributed by atoms with Crippen LogP contribution < -0.4 is 0 Å². The third kappa shape index (κ3) is 3.31. The molecular formula is C17H19N3O3S. The van der Waals surface area contributed by atoms with Crippen LogP contribution in [0, 0.1) is 12.8 Å². The summed E-state index contributed by atoms with van der Waals surface area (Å²) < 4.78 is 4.78. The number of piperidine rings is 1. The molecule has 0 spiro atoms. The second-order valence-corrected chi connectivity index (χ2v) is 6.74. The minimum atomic E-state index is -0.187. The molecule has 1 aliphatic heterocycles. The molecule has 3 rings (SSSR count). The maximum Gasteiger partial charge on any atom is 0.308 e. The summed E-state index contributed by atoms with van der Waals surface area (Å²) in [6.07, 6.45) is 3.00. The Morgan fingerprint density at radius 2 is 2.04 bits per heavy atom. The van der Waals surface area contributed by atoms with Gasteiger partial charge < -0.3 is 9.64 Å². The van der Waals surface area contributed by atoms with E-state index in [0.29, 0.717) is 30.8 Å². The third-order valence-electron chi connectivity index (χ3n) is 4.19. The van der Waals surface area contributed by atoms with Gasteiger partial charge in [0.1, 0.15) is 9.88 Å². The van der Waals surface area contributed by atoms with E-state index in [1.54, 1.807) is 11.1 Å². The van der Waals surface area contributed by atoms with E-state index in [1.165, 1.54) is 18.4 Å². The van der Waals surface area contributed by atoms with Gasteiger partial charge >= 0.3 is 5.97 Å².